The molecule has 1 aromatic carbocycles. The predicted octanol–water partition coefficient (Wildman–Crippen LogP) is 2.14. The van der Waals surface area contributed by atoms with Crippen LogP contribution in [0.3, 0.4) is 0 Å². The number of halogens is 1. The van der Waals surface area contributed by atoms with E-state index in [0.29, 0.717) is 24.5 Å². The van der Waals surface area contributed by atoms with Crippen LogP contribution < -0.4 is 10.2 Å². The molecule has 0 aliphatic carbocycles. The average Bonchev–Trinajstić information content (AvgIpc) is 3.15. The Hall–Kier alpha value is -3.20. The molecule has 27 heavy (non-hydrogen) atoms. The molecule has 1 saturated heterocycles. The summed E-state index contributed by atoms with van der Waals surface area (Å²) in [4.78, 5) is 17.5. The number of morpholine rings is 1. The van der Waals surface area contributed by atoms with Crippen molar-refractivity contribution < 1.29 is 19.0 Å². The molecule has 0 atom stereocenters. The molecule has 0 radical (unpaired) electrons. The smallest absolute Gasteiger partial charge is 0.404 e. The number of amides is 1. The predicted molar refractivity (Wildman–Crippen MR) is 96.3 cm³/mol. The molecule has 1 fully saturated rings. The zero-order valence-electron chi connectivity index (χ0n) is 14.4. The first-order chi connectivity index (χ1) is 13.1. The summed E-state index contributed by atoms with van der Waals surface area (Å²) in [7, 11) is 0. The quantitative estimate of drug-likeness (QED) is 0.730. The summed E-state index contributed by atoms with van der Waals surface area (Å²) in [6.45, 7) is 2.63. The monoisotopic (exact) mass is 371 g/mol. The number of ether oxygens (including phenoxy) is 1. The van der Waals surface area contributed by atoms with Crippen LogP contribution in [0.2, 0.25) is 0 Å². The van der Waals surface area contributed by atoms with Crippen LogP contribution in [0, 0.1) is 5.82 Å². The van der Waals surface area contributed by atoms with Gasteiger partial charge in [0.15, 0.2) is 0 Å². The van der Waals surface area contributed by atoms with Crippen molar-refractivity contribution in [3.8, 4) is 11.3 Å². The van der Waals surface area contributed by atoms with E-state index in [0.717, 1.165) is 24.4 Å². The fourth-order valence-electron chi connectivity index (χ4n) is 3.08. The van der Waals surface area contributed by atoms with E-state index in [1.165, 1.54) is 6.07 Å². The molecule has 0 saturated carbocycles. The second kappa shape index (κ2) is 7.20. The van der Waals surface area contributed by atoms with Gasteiger partial charge in [0.1, 0.15) is 11.6 Å². The van der Waals surface area contributed by atoms with E-state index in [2.05, 4.69) is 15.3 Å². The Balaban J connectivity index is 1.73. The number of hydrogen-bond donors (Lipinski definition) is 2. The van der Waals surface area contributed by atoms with Crippen molar-refractivity contribution in [2.24, 2.45) is 0 Å². The number of fused-ring (bicyclic) bond motifs is 1. The second-order valence-electron chi connectivity index (χ2n) is 6.17. The van der Waals surface area contributed by atoms with Gasteiger partial charge in [-0.05, 0) is 12.1 Å². The maximum Gasteiger partial charge on any atom is 0.404 e. The Labute approximate surface area is 154 Å². The molecule has 0 bridgehead atoms. The fraction of sp³-hybridized carbons (Fsp3) is 0.278. The molecule has 2 aromatic heterocycles. The van der Waals surface area contributed by atoms with Crippen LogP contribution in [0.4, 0.5) is 15.0 Å². The number of hydrogen-bond acceptors (Lipinski definition) is 5. The van der Waals surface area contributed by atoms with Crippen LogP contribution in [0.25, 0.3) is 16.8 Å². The van der Waals surface area contributed by atoms with Crippen molar-refractivity contribution in [2.75, 3.05) is 31.2 Å². The summed E-state index contributed by atoms with van der Waals surface area (Å²) < 4.78 is 21.6. The number of rotatable bonds is 4. The number of nitrogens with one attached hydrogen (secondary N) is 1. The van der Waals surface area contributed by atoms with Gasteiger partial charge in [-0.15, -0.1) is 0 Å². The van der Waals surface area contributed by atoms with E-state index in [-0.39, 0.29) is 12.1 Å². The van der Waals surface area contributed by atoms with Gasteiger partial charge in [-0.1, -0.05) is 12.1 Å². The van der Waals surface area contributed by atoms with Gasteiger partial charge < -0.3 is 20.1 Å². The third-order valence-corrected chi connectivity index (χ3v) is 4.47. The number of nitrogens with zero attached hydrogens (tertiary/aromatic N) is 4. The largest absolute Gasteiger partial charge is 0.465 e. The van der Waals surface area contributed by atoms with Crippen LogP contribution in [0.15, 0.2) is 36.7 Å². The van der Waals surface area contributed by atoms with Crippen LogP contribution >= 0.6 is 0 Å². The lowest BCUT2D eigenvalue weighted by atomic mass is 10.1. The molecule has 0 unspecified atom stereocenters. The maximum atomic E-state index is 14.5. The first-order valence-corrected chi connectivity index (χ1v) is 8.54. The summed E-state index contributed by atoms with van der Waals surface area (Å²) in [5.74, 6) is 0.263. The van der Waals surface area contributed by atoms with E-state index in [1.807, 2.05) is 12.3 Å². The summed E-state index contributed by atoms with van der Waals surface area (Å²) in [5, 5.41) is 15.1. The minimum Gasteiger partial charge on any atom is -0.465 e. The van der Waals surface area contributed by atoms with Gasteiger partial charge in [0.25, 0.3) is 0 Å². The average molecular weight is 371 g/mol. The van der Waals surface area contributed by atoms with Gasteiger partial charge in [0, 0.05) is 30.8 Å². The van der Waals surface area contributed by atoms with Crippen LogP contribution in [0.5, 0.6) is 0 Å². The van der Waals surface area contributed by atoms with Gasteiger partial charge in [-0.25, -0.2) is 18.7 Å². The number of benzene rings is 1. The highest BCUT2D eigenvalue weighted by Gasteiger charge is 2.17. The second-order valence-corrected chi connectivity index (χ2v) is 6.17. The highest BCUT2D eigenvalue weighted by Crippen LogP contribution is 2.27. The van der Waals surface area contributed by atoms with Gasteiger partial charge in [-0.2, -0.15) is 5.10 Å². The van der Waals surface area contributed by atoms with E-state index in [1.54, 1.807) is 22.8 Å². The minimum absolute atomic E-state index is 0.0925. The molecule has 1 amide bonds. The minimum atomic E-state index is -1.20. The van der Waals surface area contributed by atoms with Crippen LogP contribution in [-0.4, -0.2) is 52.1 Å². The van der Waals surface area contributed by atoms with Crippen LogP contribution in [-0.2, 0) is 11.3 Å². The molecule has 9 heteroatoms. The molecule has 140 valence electrons. The third-order valence-electron chi connectivity index (χ3n) is 4.47. The molecule has 0 spiro atoms. The SMILES string of the molecule is O=C(O)NCc1ccc(-c2nc(N3CCOCC3)cn3nccc23)cc1F. The van der Waals surface area contributed by atoms with E-state index >= 15 is 0 Å². The molecular weight excluding hydrogens is 353 g/mol. The van der Waals surface area contributed by atoms with E-state index in [4.69, 9.17) is 14.8 Å². The highest BCUT2D eigenvalue weighted by molar-refractivity contribution is 5.78. The normalized spacial score (nSPS) is 14.5. The van der Waals surface area contributed by atoms with Gasteiger partial charge >= 0.3 is 6.09 Å². The van der Waals surface area contributed by atoms with Crippen LogP contribution in [0.1, 0.15) is 5.56 Å². The number of carboxylic acid groups (broad SMARTS) is 1. The molecule has 3 heterocycles. The van der Waals surface area contributed by atoms with Crippen molar-refractivity contribution in [3.63, 3.8) is 0 Å². The van der Waals surface area contributed by atoms with E-state index in [9.17, 15) is 9.18 Å². The molecule has 3 aromatic rings. The zero-order chi connectivity index (χ0) is 18.8. The Bertz CT molecular complexity index is 984. The Morgan fingerprint density at radius 2 is 2.11 bits per heavy atom. The summed E-state index contributed by atoms with van der Waals surface area (Å²) >= 11 is 0. The maximum absolute atomic E-state index is 14.5. The summed E-state index contributed by atoms with van der Waals surface area (Å²) in [6.07, 6.45) is 2.33. The number of aromatic nitrogens is 3. The van der Waals surface area contributed by atoms with Crippen molar-refractivity contribution in [2.45, 2.75) is 6.54 Å². The standard InChI is InChI=1S/C18H18FN5O3/c19-14-9-12(1-2-13(14)10-20-18(25)26)17-15-3-4-21-24(15)11-16(22-17)23-5-7-27-8-6-23/h1-4,9,11,20H,5-8,10H2,(H,25,26). The Morgan fingerprint density at radius 1 is 1.30 bits per heavy atom. The van der Waals surface area contributed by atoms with Crippen molar-refractivity contribution in [3.05, 3.63) is 48.0 Å². The fourth-order valence-corrected chi connectivity index (χ4v) is 3.08. The first-order valence-electron chi connectivity index (χ1n) is 8.54. The molecule has 4 rings (SSSR count). The first kappa shape index (κ1) is 17.2. The molecule has 1 aliphatic rings. The summed E-state index contributed by atoms with van der Waals surface area (Å²) in [6, 6.07) is 6.50. The lowest BCUT2D eigenvalue weighted by Crippen LogP contribution is -2.37. The number of anilines is 1. The van der Waals surface area contributed by atoms with Gasteiger partial charge in [0.05, 0.1) is 36.8 Å². The Morgan fingerprint density at radius 3 is 2.85 bits per heavy atom. The lowest BCUT2D eigenvalue weighted by Gasteiger charge is -2.28. The van der Waals surface area contributed by atoms with Gasteiger partial charge in [-0.3, -0.25) is 0 Å². The molecule has 2 N–H and O–H groups in total. The Kier molecular flexibility index (Phi) is 4.59. The van der Waals surface area contributed by atoms with Gasteiger partial charge in [0.2, 0.25) is 0 Å². The van der Waals surface area contributed by atoms with E-state index < -0.39 is 11.9 Å². The summed E-state index contributed by atoms with van der Waals surface area (Å²) in [5.41, 5.74) is 2.26. The van der Waals surface area contributed by atoms with Crippen molar-refractivity contribution in [1.82, 2.24) is 19.9 Å². The third kappa shape index (κ3) is 3.54. The number of carbonyl (C=O) groups is 1. The van der Waals surface area contributed by atoms with Crippen molar-refractivity contribution >= 4 is 17.4 Å². The zero-order valence-corrected chi connectivity index (χ0v) is 14.4. The molecule has 1 aliphatic heterocycles. The lowest BCUT2D eigenvalue weighted by molar-refractivity contribution is 0.122. The molecular formula is C18H18FN5O3. The topological polar surface area (TPSA) is 92.0 Å². The molecule has 8 nitrogen and oxygen atoms in total. The van der Waals surface area contributed by atoms with Crippen molar-refractivity contribution in [1.29, 1.82) is 0 Å². The highest BCUT2D eigenvalue weighted by atomic mass is 19.1.